The molecule has 3 aromatic carbocycles. The summed E-state index contributed by atoms with van der Waals surface area (Å²) in [5, 5.41) is 0. The predicted octanol–water partition coefficient (Wildman–Crippen LogP) is 7.90. The second-order valence-corrected chi connectivity index (χ2v) is 9.39. The molecule has 3 heteroatoms. The molecule has 0 bridgehead atoms. The SMILES string of the molecule is CC.CC.CC(CN1CCN(CCOC(c2ccccc2)c2ccccc2)CC1)C(C)c1ccccc1. The molecule has 1 fully saturated rings. The second-order valence-electron chi connectivity index (χ2n) is 9.39. The number of hydrogen-bond donors (Lipinski definition) is 0. The summed E-state index contributed by atoms with van der Waals surface area (Å²) < 4.78 is 6.43. The van der Waals surface area contributed by atoms with E-state index in [1.165, 1.54) is 23.2 Å². The van der Waals surface area contributed by atoms with Gasteiger partial charge in [-0.1, -0.05) is 133 Å². The molecule has 0 N–H and O–H groups in total. The van der Waals surface area contributed by atoms with E-state index in [4.69, 9.17) is 4.74 Å². The lowest BCUT2D eigenvalue weighted by atomic mass is 9.88. The Labute approximate surface area is 227 Å². The third-order valence-corrected chi connectivity index (χ3v) is 7.09. The Bertz CT molecular complexity index is 884. The van der Waals surface area contributed by atoms with Crippen LogP contribution in [0.4, 0.5) is 0 Å². The van der Waals surface area contributed by atoms with Crippen molar-refractivity contribution in [2.45, 2.75) is 53.6 Å². The van der Waals surface area contributed by atoms with Gasteiger partial charge in [-0.2, -0.15) is 0 Å². The lowest BCUT2D eigenvalue weighted by Gasteiger charge is -2.37. The second kappa shape index (κ2) is 17.9. The first-order chi connectivity index (χ1) is 18.2. The summed E-state index contributed by atoms with van der Waals surface area (Å²) in [6.45, 7) is 20.2. The Balaban J connectivity index is 0.00000115. The number of ether oxygens (including phenoxy) is 1. The highest BCUT2D eigenvalue weighted by molar-refractivity contribution is 5.29. The van der Waals surface area contributed by atoms with Gasteiger partial charge in [0.2, 0.25) is 0 Å². The Hall–Kier alpha value is -2.46. The number of hydrogen-bond acceptors (Lipinski definition) is 3. The topological polar surface area (TPSA) is 15.7 Å². The highest BCUT2D eigenvalue weighted by Gasteiger charge is 2.22. The molecule has 37 heavy (non-hydrogen) atoms. The van der Waals surface area contributed by atoms with Crippen LogP contribution in [-0.2, 0) is 4.74 Å². The van der Waals surface area contributed by atoms with Gasteiger partial charge in [0.25, 0.3) is 0 Å². The van der Waals surface area contributed by atoms with Crippen molar-refractivity contribution in [3.05, 3.63) is 108 Å². The maximum atomic E-state index is 6.43. The van der Waals surface area contributed by atoms with Gasteiger partial charge < -0.3 is 9.64 Å². The number of nitrogens with zero attached hydrogens (tertiary/aromatic N) is 2. The number of piperazine rings is 1. The van der Waals surface area contributed by atoms with Crippen molar-refractivity contribution in [2.24, 2.45) is 5.92 Å². The normalized spacial score (nSPS) is 15.6. The fourth-order valence-corrected chi connectivity index (χ4v) is 4.79. The van der Waals surface area contributed by atoms with Gasteiger partial charge in [0.1, 0.15) is 6.10 Å². The van der Waals surface area contributed by atoms with Gasteiger partial charge in [0, 0.05) is 39.3 Å². The van der Waals surface area contributed by atoms with Crippen LogP contribution in [0.3, 0.4) is 0 Å². The fourth-order valence-electron chi connectivity index (χ4n) is 4.79. The zero-order chi connectivity index (χ0) is 26.9. The zero-order valence-corrected chi connectivity index (χ0v) is 24.1. The molecule has 0 spiro atoms. The molecule has 1 heterocycles. The minimum absolute atomic E-state index is 0.00554. The molecule has 4 rings (SSSR count). The molecule has 1 aliphatic heterocycles. The summed E-state index contributed by atoms with van der Waals surface area (Å²) in [5.41, 5.74) is 3.89. The van der Waals surface area contributed by atoms with Crippen molar-refractivity contribution in [1.29, 1.82) is 0 Å². The molecule has 2 unspecified atom stereocenters. The predicted molar refractivity (Wildman–Crippen MR) is 160 cm³/mol. The summed E-state index contributed by atoms with van der Waals surface area (Å²) in [7, 11) is 0. The molecular formula is C34H50N2O. The van der Waals surface area contributed by atoms with Gasteiger partial charge in [-0.25, -0.2) is 0 Å². The van der Waals surface area contributed by atoms with Crippen LogP contribution in [0.5, 0.6) is 0 Å². The first-order valence-electron chi connectivity index (χ1n) is 14.4. The van der Waals surface area contributed by atoms with Gasteiger partial charge >= 0.3 is 0 Å². The first kappa shape index (κ1) is 30.8. The van der Waals surface area contributed by atoms with Crippen molar-refractivity contribution < 1.29 is 4.74 Å². The van der Waals surface area contributed by atoms with Crippen molar-refractivity contribution in [3.63, 3.8) is 0 Å². The van der Waals surface area contributed by atoms with E-state index in [1.54, 1.807) is 0 Å². The number of rotatable bonds is 10. The van der Waals surface area contributed by atoms with Crippen molar-refractivity contribution in [2.75, 3.05) is 45.9 Å². The quantitative estimate of drug-likeness (QED) is 0.280. The molecule has 202 valence electrons. The van der Waals surface area contributed by atoms with E-state index in [2.05, 4.69) is 115 Å². The van der Waals surface area contributed by atoms with E-state index < -0.39 is 0 Å². The zero-order valence-electron chi connectivity index (χ0n) is 24.1. The molecule has 2 atom stereocenters. The lowest BCUT2D eigenvalue weighted by Crippen LogP contribution is -2.48. The Morgan fingerprint density at radius 2 is 1.00 bits per heavy atom. The average Bonchev–Trinajstić information content (AvgIpc) is 2.99. The van der Waals surface area contributed by atoms with Crippen LogP contribution in [0, 0.1) is 5.92 Å². The molecule has 3 nitrogen and oxygen atoms in total. The molecule has 3 aromatic rings. The highest BCUT2D eigenvalue weighted by atomic mass is 16.5. The Kier molecular flexibility index (Phi) is 14.9. The number of benzene rings is 3. The summed E-state index contributed by atoms with van der Waals surface area (Å²) in [6, 6.07) is 32.1. The first-order valence-corrected chi connectivity index (χ1v) is 14.4. The average molecular weight is 503 g/mol. The van der Waals surface area contributed by atoms with Crippen molar-refractivity contribution >= 4 is 0 Å². The van der Waals surface area contributed by atoms with Gasteiger partial charge in [0.05, 0.1) is 6.61 Å². The third kappa shape index (κ3) is 10.1. The monoisotopic (exact) mass is 502 g/mol. The van der Waals surface area contributed by atoms with E-state index in [1.807, 2.05) is 27.7 Å². The van der Waals surface area contributed by atoms with E-state index in [-0.39, 0.29) is 6.10 Å². The molecular weight excluding hydrogens is 452 g/mol. The van der Waals surface area contributed by atoms with Crippen LogP contribution in [0.25, 0.3) is 0 Å². The minimum Gasteiger partial charge on any atom is -0.367 e. The van der Waals surface area contributed by atoms with Crippen LogP contribution >= 0.6 is 0 Å². The molecule has 0 radical (unpaired) electrons. The standard InChI is InChI=1S/C30H38N2O.2C2H6/c1-25(26(2)27-12-6-3-7-13-27)24-32-20-18-31(19-21-32)22-23-33-30(28-14-8-4-9-15-28)29-16-10-5-11-17-29;2*1-2/h3-17,25-26,30H,18-24H2,1-2H3;2*1-2H3. The summed E-state index contributed by atoms with van der Waals surface area (Å²) in [5.74, 6) is 1.24. The van der Waals surface area contributed by atoms with E-state index in [9.17, 15) is 0 Å². The molecule has 0 aliphatic carbocycles. The van der Waals surface area contributed by atoms with Gasteiger partial charge in [-0.3, -0.25) is 4.90 Å². The molecule has 1 saturated heterocycles. The maximum absolute atomic E-state index is 6.43. The fraction of sp³-hybridized carbons (Fsp3) is 0.471. The summed E-state index contributed by atoms with van der Waals surface area (Å²) >= 11 is 0. The maximum Gasteiger partial charge on any atom is 0.108 e. The summed E-state index contributed by atoms with van der Waals surface area (Å²) in [4.78, 5) is 5.19. The van der Waals surface area contributed by atoms with Gasteiger partial charge in [0.15, 0.2) is 0 Å². The highest BCUT2D eigenvalue weighted by Crippen LogP contribution is 2.26. The molecule has 0 aromatic heterocycles. The van der Waals surface area contributed by atoms with Crippen molar-refractivity contribution in [1.82, 2.24) is 9.80 Å². The smallest absolute Gasteiger partial charge is 0.108 e. The third-order valence-electron chi connectivity index (χ3n) is 7.09. The van der Waals surface area contributed by atoms with E-state index in [0.29, 0.717) is 11.8 Å². The Morgan fingerprint density at radius 3 is 1.46 bits per heavy atom. The Morgan fingerprint density at radius 1 is 0.595 bits per heavy atom. The van der Waals surface area contributed by atoms with Crippen LogP contribution in [0.2, 0.25) is 0 Å². The van der Waals surface area contributed by atoms with E-state index in [0.717, 1.165) is 39.3 Å². The minimum atomic E-state index is -0.00554. The van der Waals surface area contributed by atoms with Crippen LogP contribution in [0.1, 0.15) is 70.3 Å². The van der Waals surface area contributed by atoms with E-state index >= 15 is 0 Å². The van der Waals surface area contributed by atoms with Crippen LogP contribution in [-0.4, -0.2) is 55.7 Å². The van der Waals surface area contributed by atoms with Crippen LogP contribution in [0.15, 0.2) is 91.0 Å². The molecule has 0 saturated carbocycles. The molecule has 1 aliphatic rings. The largest absolute Gasteiger partial charge is 0.367 e. The van der Waals surface area contributed by atoms with Crippen LogP contribution < -0.4 is 0 Å². The van der Waals surface area contributed by atoms with Crippen molar-refractivity contribution in [3.8, 4) is 0 Å². The summed E-state index contributed by atoms with van der Waals surface area (Å²) in [6.07, 6.45) is -0.00554. The van der Waals surface area contributed by atoms with Gasteiger partial charge in [-0.15, -0.1) is 0 Å². The lowest BCUT2D eigenvalue weighted by molar-refractivity contribution is 0.0429. The molecule has 0 amide bonds. The van der Waals surface area contributed by atoms with Gasteiger partial charge in [-0.05, 0) is 28.5 Å².